The van der Waals surface area contributed by atoms with Gasteiger partial charge in [-0.25, -0.2) is 4.98 Å². The summed E-state index contributed by atoms with van der Waals surface area (Å²) >= 11 is 12.2. The standard InChI is InChI=1S/C16H16Cl2N4O2.2ClH/c17-12-2-1-3-13(18)10(12)6-14-20-7-11(15(23)21-14)16(24)22-5-4-9(19)8-22;;/h1-3,7,9H,4-6,8,19H2,(H,20,21,23);2*1H. The number of amides is 1. The first-order valence-electron chi connectivity index (χ1n) is 7.51. The number of aromatic amines is 1. The molecule has 1 amide bonds. The van der Waals surface area contributed by atoms with Gasteiger partial charge in [-0.3, -0.25) is 9.59 Å². The lowest BCUT2D eigenvalue weighted by Crippen LogP contribution is -2.35. The Morgan fingerprint density at radius 1 is 1.31 bits per heavy atom. The number of aromatic nitrogens is 2. The van der Waals surface area contributed by atoms with Gasteiger partial charge in [0.2, 0.25) is 0 Å². The monoisotopic (exact) mass is 438 g/mol. The van der Waals surface area contributed by atoms with Gasteiger partial charge in [0.1, 0.15) is 11.4 Å². The molecule has 3 rings (SSSR count). The molecule has 1 atom stereocenters. The third-order valence-corrected chi connectivity index (χ3v) is 4.71. The summed E-state index contributed by atoms with van der Waals surface area (Å²) in [7, 11) is 0. The maximum Gasteiger partial charge on any atom is 0.263 e. The molecular weight excluding hydrogens is 422 g/mol. The molecule has 0 aliphatic carbocycles. The van der Waals surface area contributed by atoms with Crippen molar-refractivity contribution in [3.63, 3.8) is 0 Å². The number of hydrogen-bond acceptors (Lipinski definition) is 4. The Bertz CT molecular complexity index is 823. The molecule has 0 saturated carbocycles. The summed E-state index contributed by atoms with van der Waals surface area (Å²) in [5.74, 6) is 0.0451. The second-order valence-corrected chi connectivity index (χ2v) is 6.56. The molecule has 1 fully saturated rings. The van der Waals surface area contributed by atoms with Crippen LogP contribution in [0.3, 0.4) is 0 Å². The highest BCUT2D eigenvalue weighted by molar-refractivity contribution is 6.36. The van der Waals surface area contributed by atoms with Crippen LogP contribution < -0.4 is 11.3 Å². The molecule has 142 valence electrons. The van der Waals surface area contributed by atoms with Gasteiger partial charge in [0.05, 0.1) is 0 Å². The van der Waals surface area contributed by atoms with E-state index >= 15 is 0 Å². The molecule has 3 N–H and O–H groups in total. The van der Waals surface area contributed by atoms with Crippen LogP contribution >= 0.6 is 48.0 Å². The molecule has 1 aromatic carbocycles. The molecule has 0 radical (unpaired) electrons. The van der Waals surface area contributed by atoms with Gasteiger partial charge < -0.3 is 15.6 Å². The Hall–Kier alpha value is -1.31. The van der Waals surface area contributed by atoms with Gasteiger partial charge in [-0.2, -0.15) is 0 Å². The third-order valence-electron chi connectivity index (χ3n) is 4.00. The first-order chi connectivity index (χ1) is 11.5. The van der Waals surface area contributed by atoms with Crippen molar-refractivity contribution in [3.05, 3.63) is 61.7 Å². The SMILES string of the molecule is Cl.Cl.NC1CCN(C(=O)c2cnc(Cc3c(Cl)cccc3Cl)[nH]c2=O)C1. The van der Waals surface area contributed by atoms with Crippen molar-refractivity contribution in [2.24, 2.45) is 5.73 Å². The molecule has 1 unspecified atom stereocenters. The summed E-state index contributed by atoms with van der Waals surface area (Å²) in [6.07, 6.45) is 2.31. The number of benzene rings is 1. The summed E-state index contributed by atoms with van der Waals surface area (Å²) < 4.78 is 0. The Morgan fingerprint density at radius 3 is 2.50 bits per heavy atom. The van der Waals surface area contributed by atoms with Gasteiger partial charge in [-0.15, -0.1) is 24.8 Å². The normalized spacial score (nSPS) is 16.0. The maximum atomic E-state index is 12.4. The number of nitrogens with zero attached hydrogens (tertiary/aromatic N) is 2. The van der Waals surface area contributed by atoms with E-state index in [2.05, 4.69) is 9.97 Å². The highest BCUT2D eigenvalue weighted by Gasteiger charge is 2.26. The first-order valence-corrected chi connectivity index (χ1v) is 8.27. The molecule has 0 spiro atoms. The number of halogens is 4. The van der Waals surface area contributed by atoms with Crippen molar-refractivity contribution < 1.29 is 4.79 Å². The number of carbonyl (C=O) groups is 1. The van der Waals surface area contributed by atoms with Crippen molar-refractivity contribution in [1.29, 1.82) is 0 Å². The van der Waals surface area contributed by atoms with Gasteiger partial charge in [-0.05, 0) is 24.1 Å². The number of H-pyrrole nitrogens is 1. The van der Waals surface area contributed by atoms with E-state index in [0.717, 1.165) is 6.42 Å². The lowest BCUT2D eigenvalue weighted by molar-refractivity contribution is 0.0788. The average molecular weight is 440 g/mol. The minimum absolute atomic E-state index is 0. The zero-order valence-electron chi connectivity index (χ0n) is 13.6. The van der Waals surface area contributed by atoms with Crippen LogP contribution in [0.25, 0.3) is 0 Å². The number of nitrogens with one attached hydrogen (secondary N) is 1. The molecule has 10 heteroatoms. The predicted octanol–water partition coefficient (Wildman–Crippen LogP) is 2.68. The molecular formula is C16H18Cl4N4O2. The minimum Gasteiger partial charge on any atom is -0.337 e. The fourth-order valence-electron chi connectivity index (χ4n) is 2.68. The highest BCUT2D eigenvalue weighted by atomic mass is 35.5. The van der Waals surface area contributed by atoms with Crippen LogP contribution in [0.15, 0.2) is 29.2 Å². The second kappa shape index (κ2) is 9.58. The molecule has 2 aromatic rings. The lowest BCUT2D eigenvalue weighted by Gasteiger charge is -2.15. The van der Waals surface area contributed by atoms with Crippen LogP contribution in [0.4, 0.5) is 0 Å². The molecule has 2 heterocycles. The average Bonchev–Trinajstić information content (AvgIpc) is 2.97. The zero-order chi connectivity index (χ0) is 17.3. The van der Waals surface area contributed by atoms with Gasteiger partial charge in [-0.1, -0.05) is 29.3 Å². The van der Waals surface area contributed by atoms with Crippen molar-refractivity contribution in [1.82, 2.24) is 14.9 Å². The predicted molar refractivity (Wildman–Crippen MR) is 107 cm³/mol. The Kier molecular flexibility index (Phi) is 8.37. The van der Waals surface area contributed by atoms with Crippen LogP contribution in [-0.4, -0.2) is 39.9 Å². The van der Waals surface area contributed by atoms with Crippen molar-refractivity contribution in [3.8, 4) is 0 Å². The van der Waals surface area contributed by atoms with Crippen LogP contribution in [-0.2, 0) is 6.42 Å². The van der Waals surface area contributed by atoms with Crippen LogP contribution in [0.2, 0.25) is 10.0 Å². The Balaban J connectivity index is 0.00000169. The van der Waals surface area contributed by atoms with Crippen molar-refractivity contribution in [2.75, 3.05) is 13.1 Å². The molecule has 1 aliphatic heterocycles. The van der Waals surface area contributed by atoms with Gasteiger partial charge in [0.25, 0.3) is 11.5 Å². The van der Waals surface area contributed by atoms with Gasteiger partial charge >= 0.3 is 0 Å². The molecule has 26 heavy (non-hydrogen) atoms. The molecule has 1 aliphatic rings. The smallest absolute Gasteiger partial charge is 0.263 e. The van der Waals surface area contributed by atoms with Gasteiger partial charge in [0, 0.05) is 41.8 Å². The zero-order valence-corrected chi connectivity index (χ0v) is 16.7. The first kappa shape index (κ1) is 22.7. The molecule has 1 saturated heterocycles. The van der Waals surface area contributed by atoms with Crippen LogP contribution in [0.5, 0.6) is 0 Å². The van der Waals surface area contributed by atoms with E-state index in [1.807, 2.05) is 0 Å². The van der Waals surface area contributed by atoms with E-state index in [-0.39, 0.29) is 48.7 Å². The number of hydrogen-bond donors (Lipinski definition) is 2. The molecule has 0 bridgehead atoms. The van der Waals surface area contributed by atoms with E-state index in [0.29, 0.717) is 34.5 Å². The molecule has 1 aromatic heterocycles. The number of carbonyl (C=O) groups excluding carboxylic acids is 1. The summed E-state index contributed by atoms with van der Waals surface area (Å²) in [4.78, 5) is 33.0. The molecule has 6 nitrogen and oxygen atoms in total. The maximum absolute atomic E-state index is 12.4. The summed E-state index contributed by atoms with van der Waals surface area (Å²) in [5.41, 5.74) is 6.01. The van der Waals surface area contributed by atoms with Crippen molar-refractivity contribution >= 4 is 53.9 Å². The van der Waals surface area contributed by atoms with Crippen molar-refractivity contribution in [2.45, 2.75) is 18.9 Å². The van der Waals surface area contributed by atoms with E-state index in [1.165, 1.54) is 6.20 Å². The largest absolute Gasteiger partial charge is 0.337 e. The number of likely N-dealkylation sites (tertiary alicyclic amines) is 1. The Labute approximate surface area is 172 Å². The number of rotatable bonds is 3. The second-order valence-electron chi connectivity index (χ2n) is 5.75. The minimum atomic E-state index is -0.478. The van der Waals surface area contributed by atoms with Crippen LogP contribution in [0, 0.1) is 0 Å². The van der Waals surface area contributed by atoms with E-state index in [1.54, 1.807) is 23.1 Å². The number of nitrogens with two attached hydrogens (primary N) is 1. The fourth-order valence-corrected chi connectivity index (χ4v) is 3.22. The fraction of sp³-hybridized carbons (Fsp3) is 0.312. The summed E-state index contributed by atoms with van der Waals surface area (Å²) in [6.45, 7) is 1.01. The lowest BCUT2D eigenvalue weighted by atomic mass is 10.1. The van der Waals surface area contributed by atoms with Crippen LogP contribution in [0.1, 0.15) is 28.2 Å². The highest BCUT2D eigenvalue weighted by Crippen LogP contribution is 2.25. The van der Waals surface area contributed by atoms with Gasteiger partial charge in [0.15, 0.2) is 0 Å². The Morgan fingerprint density at radius 2 is 1.96 bits per heavy atom. The summed E-state index contributed by atoms with van der Waals surface area (Å²) in [5, 5.41) is 0.993. The van der Waals surface area contributed by atoms with E-state index < -0.39 is 5.56 Å². The quantitative estimate of drug-likeness (QED) is 0.768. The van der Waals surface area contributed by atoms with E-state index in [4.69, 9.17) is 28.9 Å². The third kappa shape index (κ3) is 4.90. The van der Waals surface area contributed by atoms with E-state index in [9.17, 15) is 9.59 Å². The topological polar surface area (TPSA) is 92.1 Å². The summed E-state index contributed by atoms with van der Waals surface area (Å²) in [6, 6.07) is 5.14.